The van der Waals surface area contributed by atoms with Gasteiger partial charge in [-0.25, -0.2) is 0 Å². The predicted molar refractivity (Wildman–Crippen MR) is 126 cm³/mol. The normalized spacial score (nSPS) is 13.5. The van der Waals surface area contributed by atoms with Gasteiger partial charge in [0, 0.05) is 23.1 Å². The van der Waals surface area contributed by atoms with Gasteiger partial charge < -0.3 is 14.8 Å². The summed E-state index contributed by atoms with van der Waals surface area (Å²) in [6.45, 7) is 1.99. The zero-order valence-electron chi connectivity index (χ0n) is 18.4. The van der Waals surface area contributed by atoms with Crippen molar-refractivity contribution in [3.8, 4) is 11.5 Å². The second-order valence-electron chi connectivity index (χ2n) is 7.47. The van der Waals surface area contributed by atoms with Gasteiger partial charge in [0.2, 0.25) is 0 Å². The molecule has 0 atom stereocenters. The molecule has 7 nitrogen and oxygen atoms in total. The van der Waals surface area contributed by atoms with E-state index in [1.807, 2.05) is 25.1 Å². The molecule has 0 saturated carbocycles. The maximum atomic E-state index is 13.5. The highest BCUT2D eigenvalue weighted by Gasteiger charge is 2.39. The summed E-state index contributed by atoms with van der Waals surface area (Å²) in [5.74, 6) is 0.110. The maximum Gasteiger partial charge on any atom is 0.278 e. The second kappa shape index (κ2) is 9.34. The van der Waals surface area contributed by atoms with Gasteiger partial charge in [-0.15, -0.1) is 0 Å². The molecule has 0 aliphatic carbocycles. The molecule has 1 aliphatic rings. The average molecular weight is 464 g/mol. The van der Waals surface area contributed by atoms with Crippen LogP contribution in [-0.2, 0) is 16.1 Å². The molecule has 2 aromatic carbocycles. The molecule has 1 aliphatic heterocycles. The molecule has 2 amide bonds. The summed E-state index contributed by atoms with van der Waals surface area (Å²) in [4.78, 5) is 32.2. The smallest absolute Gasteiger partial charge is 0.278 e. The van der Waals surface area contributed by atoms with Crippen molar-refractivity contribution in [2.45, 2.75) is 13.5 Å². The summed E-state index contributed by atoms with van der Waals surface area (Å²) in [5, 5.41) is 3.67. The number of ether oxygens (including phenoxy) is 2. The van der Waals surface area contributed by atoms with Gasteiger partial charge in [0.15, 0.2) is 11.5 Å². The van der Waals surface area contributed by atoms with Crippen LogP contribution in [-0.4, -0.2) is 35.9 Å². The van der Waals surface area contributed by atoms with Gasteiger partial charge in [0.25, 0.3) is 11.8 Å². The molecule has 8 heteroatoms. The quantitative estimate of drug-likeness (QED) is 0.521. The van der Waals surface area contributed by atoms with Crippen molar-refractivity contribution < 1.29 is 19.1 Å². The molecule has 0 bridgehead atoms. The lowest BCUT2D eigenvalue weighted by Crippen LogP contribution is -2.32. The van der Waals surface area contributed by atoms with Crippen molar-refractivity contribution in [1.29, 1.82) is 0 Å². The fraction of sp³-hybridized carbons (Fsp3) is 0.160. The van der Waals surface area contributed by atoms with Gasteiger partial charge in [-0.3, -0.25) is 19.5 Å². The van der Waals surface area contributed by atoms with Crippen molar-refractivity contribution in [2.75, 3.05) is 19.5 Å². The Morgan fingerprint density at radius 2 is 1.79 bits per heavy atom. The standard InChI is InChI=1S/C25H22ClN3O4/c1-15-6-8-18(12-19(15)26)28-23-22(17-7-9-20(32-2)21(11-17)33-3)24(30)29(25(23)31)14-16-5-4-10-27-13-16/h4-13,28H,14H2,1-3H3. The minimum Gasteiger partial charge on any atom is -0.493 e. The number of carbonyl (C=O) groups is 2. The molecule has 168 valence electrons. The van der Waals surface area contributed by atoms with Crippen LogP contribution in [0.15, 0.2) is 66.6 Å². The van der Waals surface area contributed by atoms with Crippen LogP contribution in [0.25, 0.3) is 5.57 Å². The molecule has 2 heterocycles. The van der Waals surface area contributed by atoms with E-state index < -0.39 is 11.8 Å². The summed E-state index contributed by atoms with van der Waals surface area (Å²) in [6.07, 6.45) is 3.26. The number of nitrogens with zero attached hydrogens (tertiary/aromatic N) is 2. The Morgan fingerprint density at radius 1 is 1.00 bits per heavy atom. The van der Waals surface area contributed by atoms with Crippen molar-refractivity contribution in [1.82, 2.24) is 9.88 Å². The van der Waals surface area contributed by atoms with Crippen molar-refractivity contribution >= 4 is 34.7 Å². The summed E-state index contributed by atoms with van der Waals surface area (Å²) in [5.41, 5.74) is 3.18. The number of benzene rings is 2. The largest absolute Gasteiger partial charge is 0.493 e. The van der Waals surface area contributed by atoms with Gasteiger partial charge in [0.05, 0.1) is 26.3 Å². The molecule has 4 rings (SSSR count). The van der Waals surface area contributed by atoms with E-state index in [9.17, 15) is 9.59 Å². The predicted octanol–water partition coefficient (Wildman–Crippen LogP) is 4.45. The summed E-state index contributed by atoms with van der Waals surface area (Å²) in [7, 11) is 3.05. The number of imide groups is 1. The summed E-state index contributed by atoms with van der Waals surface area (Å²) >= 11 is 6.27. The third-order valence-corrected chi connectivity index (χ3v) is 5.75. The number of carbonyl (C=O) groups excluding carboxylic acids is 2. The highest BCUT2D eigenvalue weighted by atomic mass is 35.5. The van der Waals surface area contributed by atoms with E-state index in [4.69, 9.17) is 21.1 Å². The number of hydrogen-bond donors (Lipinski definition) is 1. The first kappa shape index (κ1) is 22.4. The van der Waals surface area contributed by atoms with Gasteiger partial charge in [-0.05, 0) is 53.9 Å². The number of hydrogen-bond acceptors (Lipinski definition) is 6. The molecule has 1 N–H and O–H groups in total. The van der Waals surface area contributed by atoms with Gasteiger partial charge >= 0.3 is 0 Å². The summed E-state index contributed by atoms with van der Waals surface area (Å²) in [6, 6.07) is 14.0. The van der Waals surface area contributed by atoms with E-state index in [1.54, 1.807) is 42.7 Å². The van der Waals surface area contributed by atoms with Crippen LogP contribution >= 0.6 is 11.6 Å². The van der Waals surface area contributed by atoms with E-state index in [0.29, 0.717) is 27.8 Å². The molecule has 1 aromatic heterocycles. The highest BCUT2D eigenvalue weighted by Crippen LogP contribution is 2.36. The number of rotatable bonds is 7. The lowest BCUT2D eigenvalue weighted by molar-refractivity contribution is -0.137. The second-order valence-corrected chi connectivity index (χ2v) is 7.87. The molecule has 0 radical (unpaired) electrons. The van der Waals surface area contributed by atoms with Crippen molar-refractivity contribution in [3.05, 3.63) is 88.3 Å². The lowest BCUT2D eigenvalue weighted by Gasteiger charge is -2.15. The lowest BCUT2D eigenvalue weighted by atomic mass is 10.0. The van der Waals surface area contributed by atoms with Gasteiger partial charge in [0.1, 0.15) is 5.70 Å². The number of aromatic nitrogens is 1. The molecule has 3 aromatic rings. The van der Waals surface area contributed by atoms with Crippen molar-refractivity contribution in [3.63, 3.8) is 0 Å². The molecule has 0 saturated heterocycles. The first-order valence-corrected chi connectivity index (χ1v) is 10.6. The number of nitrogens with one attached hydrogen (secondary N) is 1. The van der Waals surface area contributed by atoms with E-state index in [2.05, 4.69) is 10.3 Å². The third-order valence-electron chi connectivity index (χ3n) is 5.34. The van der Waals surface area contributed by atoms with E-state index in [-0.39, 0.29) is 17.8 Å². The molecule has 33 heavy (non-hydrogen) atoms. The zero-order valence-corrected chi connectivity index (χ0v) is 19.1. The number of pyridine rings is 1. The fourth-order valence-electron chi connectivity index (χ4n) is 3.58. The SMILES string of the molecule is COc1ccc(C2=C(Nc3ccc(C)c(Cl)c3)C(=O)N(Cc3cccnc3)C2=O)cc1OC. The molecule has 0 unspecified atom stereocenters. The molecular formula is C25H22ClN3O4. The average Bonchev–Trinajstić information content (AvgIpc) is 3.05. The number of halogens is 1. The first-order chi connectivity index (χ1) is 15.9. The van der Waals surface area contributed by atoms with Gasteiger partial charge in [-0.1, -0.05) is 29.8 Å². The van der Waals surface area contributed by atoms with Crippen LogP contribution < -0.4 is 14.8 Å². The summed E-state index contributed by atoms with van der Waals surface area (Å²) < 4.78 is 10.7. The van der Waals surface area contributed by atoms with Crippen LogP contribution in [0.4, 0.5) is 5.69 Å². The van der Waals surface area contributed by atoms with E-state index in [0.717, 1.165) is 11.1 Å². The Balaban J connectivity index is 1.79. The number of amides is 2. The maximum absolute atomic E-state index is 13.5. The minimum atomic E-state index is -0.440. The van der Waals surface area contributed by atoms with Crippen molar-refractivity contribution in [2.24, 2.45) is 0 Å². The monoisotopic (exact) mass is 463 g/mol. The van der Waals surface area contributed by atoms with Crippen LogP contribution in [0, 0.1) is 6.92 Å². The first-order valence-electron chi connectivity index (χ1n) is 10.2. The topological polar surface area (TPSA) is 80.8 Å². The Bertz CT molecular complexity index is 1260. The van der Waals surface area contributed by atoms with Crippen LogP contribution in [0.3, 0.4) is 0 Å². The van der Waals surface area contributed by atoms with Crippen LogP contribution in [0.1, 0.15) is 16.7 Å². The molecule has 0 spiro atoms. The Kier molecular flexibility index (Phi) is 6.33. The van der Waals surface area contributed by atoms with Crippen LogP contribution in [0.5, 0.6) is 11.5 Å². The number of methoxy groups -OCH3 is 2. The molecular weight excluding hydrogens is 442 g/mol. The fourth-order valence-corrected chi connectivity index (χ4v) is 3.76. The zero-order chi connectivity index (χ0) is 23.5. The molecule has 0 fully saturated rings. The Morgan fingerprint density at radius 3 is 2.45 bits per heavy atom. The van der Waals surface area contributed by atoms with Crippen LogP contribution in [0.2, 0.25) is 5.02 Å². The Labute approximate surface area is 196 Å². The van der Waals surface area contributed by atoms with E-state index >= 15 is 0 Å². The third kappa shape index (κ3) is 4.40. The Hall–Kier alpha value is -3.84. The number of aryl methyl sites for hydroxylation is 1. The van der Waals surface area contributed by atoms with Gasteiger partial charge in [-0.2, -0.15) is 0 Å². The van der Waals surface area contributed by atoms with E-state index in [1.165, 1.54) is 19.1 Å². The minimum absolute atomic E-state index is 0.0993. The number of anilines is 1. The highest BCUT2D eigenvalue weighted by molar-refractivity contribution is 6.36.